The summed E-state index contributed by atoms with van der Waals surface area (Å²) in [6.45, 7) is 2.59. The summed E-state index contributed by atoms with van der Waals surface area (Å²) >= 11 is 3.51. The average Bonchev–Trinajstić information content (AvgIpc) is 2.33. The molecule has 1 heterocycles. The Labute approximate surface area is 108 Å². The van der Waals surface area contributed by atoms with Gasteiger partial charge in [0.15, 0.2) is 0 Å². The summed E-state index contributed by atoms with van der Waals surface area (Å²) < 4.78 is 1.08. The van der Waals surface area contributed by atoms with Gasteiger partial charge in [-0.1, -0.05) is 34.1 Å². The van der Waals surface area contributed by atoms with Crippen LogP contribution in [0.3, 0.4) is 0 Å². The summed E-state index contributed by atoms with van der Waals surface area (Å²) in [6.07, 6.45) is 1.46. The van der Waals surface area contributed by atoms with Gasteiger partial charge in [0.2, 0.25) is 0 Å². The van der Waals surface area contributed by atoms with E-state index < -0.39 is 0 Å². The Morgan fingerprint density at radius 3 is 2.82 bits per heavy atom. The van der Waals surface area contributed by atoms with Crippen LogP contribution in [0.2, 0.25) is 0 Å². The lowest BCUT2D eigenvalue weighted by atomic mass is 10.2. The van der Waals surface area contributed by atoms with Crippen molar-refractivity contribution in [2.75, 3.05) is 11.1 Å². The van der Waals surface area contributed by atoms with Crippen LogP contribution in [0.5, 0.6) is 0 Å². The van der Waals surface area contributed by atoms with Crippen LogP contribution in [0, 0.1) is 6.92 Å². The van der Waals surface area contributed by atoms with E-state index in [1.165, 1.54) is 11.9 Å². The van der Waals surface area contributed by atoms with E-state index >= 15 is 0 Å². The summed E-state index contributed by atoms with van der Waals surface area (Å²) in [5, 5.41) is 3.25. The van der Waals surface area contributed by atoms with Crippen LogP contribution in [0.25, 0.3) is 0 Å². The predicted octanol–water partition coefficient (Wildman–Crippen LogP) is 2.74. The number of aromatic nitrogens is 2. The molecule has 17 heavy (non-hydrogen) atoms. The Bertz CT molecular complexity index is 528. The van der Waals surface area contributed by atoms with Gasteiger partial charge >= 0.3 is 0 Å². The molecule has 0 aliphatic heterocycles. The molecule has 2 rings (SSSR count). The van der Waals surface area contributed by atoms with Gasteiger partial charge in [-0.25, -0.2) is 9.97 Å². The Balaban J connectivity index is 2.13. The molecule has 0 atom stereocenters. The van der Waals surface area contributed by atoms with Gasteiger partial charge in [-0.3, -0.25) is 0 Å². The fourth-order valence-corrected chi connectivity index (χ4v) is 1.89. The first-order valence-electron chi connectivity index (χ1n) is 5.23. The third-order valence-corrected chi connectivity index (χ3v) is 3.30. The Morgan fingerprint density at radius 1 is 1.29 bits per heavy atom. The number of rotatable bonds is 3. The number of anilines is 2. The lowest BCUT2D eigenvalue weighted by Gasteiger charge is -2.10. The fourth-order valence-electron chi connectivity index (χ4n) is 1.46. The number of hydrogen-bond donors (Lipinski definition) is 2. The number of nitrogen functional groups attached to an aromatic ring is 1. The van der Waals surface area contributed by atoms with E-state index in [1.807, 2.05) is 25.1 Å². The van der Waals surface area contributed by atoms with Crippen molar-refractivity contribution in [1.82, 2.24) is 9.97 Å². The van der Waals surface area contributed by atoms with Gasteiger partial charge in [-0.15, -0.1) is 0 Å². The zero-order valence-corrected chi connectivity index (χ0v) is 11.0. The molecule has 0 saturated heterocycles. The maximum Gasteiger partial charge on any atom is 0.134 e. The molecular formula is C12H13BrN4. The van der Waals surface area contributed by atoms with Crippen molar-refractivity contribution in [1.29, 1.82) is 0 Å². The molecular weight excluding hydrogens is 280 g/mol. The molecule has 0 spiro atoms. The fraction of sp³-hybridized carbons (Fsp3) is 0.167. The second kappa shape index (κ2) is 5.14. The first-order valence-corrected chi connectivity index (χ1v) is 6.02. The first kappa shape index (κ1) is 11.9. The molecule has 0 bridgehead atoms. The highest BCUT2D eigenvalue weighted by atomic mass is 79.9. The third-order valence-electron chi connectivity index (χ3n) is 2.53. The molecule has 88 valence electrons. The second-order valence-corrected chi connectivity index (χ2v) is 4.53. The lowest BCUT2D eigenvalue weighted by Crippen LogP contribution is -2.06. The monoisotopic (exact) mass is 292 g/mol. The van der Waals surface area contributed by atoms with Crippen molar-refractivity contribution in [3.05, 3.63) is 46.2 Å². The zero-order valence-electron chi connectivity index (χ0n) is 9.44. The number of halogens is 1. The molecule has 1 aromatic carbocycles. The zero-order chi connectivity index (χ0) is 12.3. The van der Waals surface area contributed by atoms with Gasteiger partial charge in [0, 0.05) is 16.6 Å². The topological polar surface area (TPSA) is 63.8 Å². The first-order chi connectivity index (χ1) is 8.18. The summed E-state index contributed by atoms with van der Waals surface area (Å²) in [6, 6.07) is 8.06. The number of benzene rings is 1. The van der Waals surface area contributed by atoms with Crippen LogP contribution in [-0.2, 0) is 6.54 Å². The van der Waals surface area contributed by atoms with Gasteiger partial charge < -0.3 is 11.1 Å². The number of nitrogens with two attached hydrogens (primary N) is 1. The van der Waals surface area contributed by atoms with Crippen molar-refractivity contribution < 1.29 is 0 Å². The molecule has 1 aromatic heterocycles. The molecule has 5 heteroatoms. The van der Waals surface area contributed by atoms with Gasteiger partial charge in [-0.2, -0.15) is 0 Å². The summed E-state index contributed by atoms with van der Waals surface area (Å²) in [5.74, 6) is 1.28. The molecule has 0 aliphatic carbocycles. The normalized spacial score (nSPS) is 10.2. The molecule has 0 amide bonds. The maximum absolute atomic E-state index is 5.72. The molecule has 0 radical (unpaired) electrons. The molecule has 4 nitrogen and oxygen atoms in total. The van der Waals surface area contributed by atoms with E-state index in [0.29, 0.717) is 12.4 Å². The van der Waals surface area contributed by atoms with Gasteiger partial charge in [0.05, 0.1) is 0 Å². The summed E-state index contributed by atoms with van der Waals surface area (Å²) in [5.41, 5.74) is 7.76. The SMILES string of the molecule is Cc1c(N)ncnc1NCc1ccccc1Br. The average molecular weight is 293 g/mol. The molecule has 0 aliphatic rings. The minimum absolute atomic E-state index is 0.509. The van der Waals surface area contributed by atoms with Gasteiger partial charge in [0.1, 0.15) is 18.0 Å². The van der Waals surface area contributed by atoms with E-state index in [1.54, 1.807) is 0 Å². The highest BCUT2D eigenvalue weighted by Gasteiger charge is 2.04. The van der Waals surface area contributed by atoms with Crippen LogP contribution in [-0.4, -0.2) is 9.97 Å². The number of nitrogens with zero attached hydrogens (tertiary/aromatic N) is 2. The van der Waals surface area contributed by atoms with Crippen LogP contribution >= 0.6 is 15.9 Å². The standard InChI is InChI=1S/C12H13BrN4/c1-8-11(14)16-7-17-12(8)15-6-9-4-2-3-5-10(9)13/h2-5,7H,6H2,1H3,(H3,14,15,16,17). The third kappa shape index (κ3) is 2.74. The summed E-state index contributed by atoms with van der Waals surface area (Å²) in [4.78, 5) is 8.10. The van der Waals surface area contributed by atoms with Crippen LogP contribution < -0.4 is 11.1 Å². The van der Waals surface area contributed by atoms with Crippen LogP contribution in [0.4, 0.5) is 11.6 Å². The minimum Gasteiger partial charge on any atom is -0.383 e. The van der Waals surface area contributed by atoms with E-state index in [-0.39, 0.29) is 0 Å². The van der Waals surface area contributed by atoms with E-state index in [9.17, 15) is 0 Å². The second-order valence-electron chi connectivity index (χ2n) is 3.68. The lowest BCUT2D eigenvalue weighted by molar-refractivity contribution is 1.06. The summed E-state index contributed by atoms with van der Waals surface area (Å²) in [7, 11) is 0. The Morgan fingerprint density at radius 2 is 2.06 bits per heavy atom. The van der Waals surface area contributed by atoms with Crippen molar-refractivity contribution in [3.63, 3.8) is 0 Å². The molecule has 0 fully saturated rings. The van der Waals surface area contributed by atoms with Crippen LogP contribution in [0.1, 0.15) is 11.1 Å². The molecule has 2 aromatic rings. The highest BCUT2D eigenvalue weighted by molar-refractivity contribution is 9.10. The highest BCUT2D eigenvalue weighted by Crippen LogP contribution is 2.19. The van der Waals surface area contributed by atoms with Crippen molar-refractivity contribution in [3.8, 4) is 0 Å². The number of hydrogen-bond acceptors (Lipinski definition) is 4. The van der Waals surface area contributed by atoms with Gasteiger partial charge in [-0.05, 0) is 18.6 Å². The quantitative estimate of drug-likeness (QED) is 0.913. The van der Waals surface area contributed by atoms with Crippen molar-refractivity contribution in [2.24, 2.45) is 0 Å². The maximum atomic E-state index is 5.72. The largest absolute Gasteiger partial charge is 0.383 e. The van der Waals surface area contributed by atoms with E-state index in [0.717, 1.165) is 15.9 Å². The smallest absolute Gasteiger partial charge is 0.134 e. The molecule has 0 unspecified atom stereocenters. The predicted molar refractivity (Wildman–Crippen MR) is 72.7 cm³/mol. The Hall–Kier alpha value is -1.62. The van der Waals surface area contributed by atoms with Crippen molar-refractivity contribution in [2.45, 2.75) is 13.5 Å². The van der Waals surface area contributed by atoms with Crippen molar-refractivity contribution >= 4 is 27.6 Å². The minimum atomic E-state index is 0.509. The molecule has 3 N–H and O–H groups in total. The van der Waals surface area contributed by atoms with E-state index in [2.05, 4.69) is 37.3 Å². The number of nitrogens with one attached hydrogen (secondary N) is 1. The Kier molecular flexibility index (Phi) is 3.58. The molecule has 0 saturated carbocycles. The van der Waals surface area contributed by atoms with E-state index in [4.69, 9.17) is 5.73 Å². The van der Waals surface area contributed by atoms with Gasteiger partial charge in [0.25, 0.3) is 0 Å². The van der Waals surface area contributed by atoms with Crippen LogP contribution in [0.15, 0.2) is 35.1 Å².